The highest BCUT2D eigenvalue weighted by atomic mass is 32.1. The van der Waals surface area contributed by atoms with E-state index in [1.807, 2.05) is 54.8 Å². The van der Waals surface area contributed by atoms with Crippen molar-refractivity contribution >= 4 is 34.0 Å². The van der Waals surface area contributed by atoms with Gasteiger partial charge in [0.2, 0.25) is 0 Å². The number of hydrogen-bond acceptors (Lipinski definition) is 4. The number of pyridine rings is 1. The Morgan fingerprint density at radius 2 is 2.08 bits per heavy atom. The topological polar surface area (TPSA) is 74.2 Å². The van der Waals surface area contributed by atoms with Crippen LogP contribution in [0.3, 0.4) is 0 Å². The van der Waals surface area contributed by atoms with Crippen LogP contribution in [-0.4, -0.2) is 22.2 Å². The molecule has 0 aliphatic rings. The highest BCUT2D eigenvalue weighted by Crippen LogP contribution is 2.23. The Balaban J connectivity index is 1.60. The van der Waals surface area contributed by atoms with Gasteiger partial charge in [-0.05, 0) is 36.9 Å². The van der Waals surface area contributed by atoms with E-state index in [0.717, 1.165) is 15.8 Å². The molecule has 2 aromatic heterocycles. The number of carbonyl (C=O) groups is 1. The summed E-state index contributed by atoms with van der Waals surface area (Å²) < 4.78 is 0. The first-order valence-corrected chi connectivity index (χ1v) is 8.64. The summed E-state index contributed by atoms with van der Waals surface area (Å²) in [5.41, 5.74) is 1.41. The molecule has 0 aliphatic carbocycles. The molecule has 2 heterocycles. The molecule has 24 heavy (non-hydrogen) atoms. The van der Waals surface area contributed by atoms with Crippen molar-refractivity contribution in [3.63, 3.8) is 0 Å². The average Bonchev–Trinajstić information content (AvgIpc) is 3.09. The van der Waals surface area contributed by atoms with Crippen LogP contribution in [0.5, 0.6) is 0 Å². The Kier molecular flexibility index (Phi) is 5.08. The van der Waals surface area contributed by atoms with Crippen LogP contribution in [-0.2, 0) is 0 Å². The van der Waals surface area contributed by atoms with Gasteiger partial charge in [-0.2, -0.15) is 0 Å². The predicted molar refractivity (Wildman–Crippen MR) is 97.3 cm³/mol. The first kappa shape index (κ1) is 16.4. The van der Waals surface area contributed by atoms with Crippen molar-refractivity contribution in [2.45, 2.75) is 25.5 Å². The number of para-hydroxylation sites is 1. The summed E-state index contributed by atoms with van der Waals surface area (Å²) in [6, 6.07) is 12.8. The number of aliphatic hydroxyl groups is 1. The van der Waals surface area contributed by atoms with Crippen LogP contribution in [0.15, 0.2) is 54.0 Å². The highest BCUT2D eigenvalue weighted by Gasteiger charge is 2.15. The van der Waals surface area contributed by atoms with Crippen LogP contribution >= 0.6 is 11.3 Å². The minimum absolute atomic E-state index is 0.162. The molecule has 0 saturated carbocycles. The molecule has 124 valence electrons. The molecule has 0 radical (unpaired) electrons. The predicted octanol–water partition coefficient (Wildman–Crippen LogP) is 3.93. The number of carbonyl (C=O) groups excluding carboxylic acids is 1. The van der Waals surface area contributed by atoms with Gasteiger partial charge in [-0.15, -0.1) is 11.3 Å². The van der Waals surface area contributed by atoms with E-state index in [-0.39, 0.29) is 12.1 Å². The molecule has 0 fully saturated rings. The molecule has 0 aliphatic heterocycles. The van der Waals surface area contributed by atoms with Gasteiger partial charge >= 0.3 is 6.03 Å². The second-order valence-corrected chi connectivity index (χ2v) is 6.63. The summed E-state index contributed by atoms with van der Waals surface area (Å²) in [5.74, 6) is 0. The molecule has 6 heteroatoms. The molecular weight excluding hydrogens is 322 g/mol. The normalized spacial score (nSPS) is 13.4. The fourth-order valence-corrected chi connectivity index (χ4v) is 3.30. The molecule has 5 nitrogen and oxygen atoms in total. The maximum atomic E-state index is 12.2. The average molecular weight is 341 g/mol. The Labute approximate surface area is 144 Å². The second-order valence-electron chi connectivity index (χ2n) is 5.65. The zero-order valence-corrected chi connectivity index (χ0v) is 14.1. The van der Waals surface area contributed by atoms with Crippen LogP contribution in [0, 0.1) is 0 Å². The summed E-state index contributed by atoms with van der Waals surface area (Å²) in [5, 5.41) is 18.7. The van der Waals surface area contributed by atoms with Gasteiger partial charge in [-0.25, -0.2) is 4.79 Å². The number of nitrogens with zero attached hydrogens (tertiary/aromatic N) is 1. The first-order valence-electron chi connectivity index (χ1n) is 7.76. The largest absolute Gasteiger partial charge is 0.387 e. The number of anilines is 1. The van der Waals surface area contributed by atoms with Crippen LogP contribution in [0.2, 0.25) is 0 Å². The van der Waals surface area contributed by atoms with Crippen molar-refractivity contribution in [1.82, 2.24) is 10.3 Å². The Hall–Kier alpha value is -2.44. The summed E-state index contributed by atoms with van der Waals surface area (Å²) in [6.45, 7) is 1.87. The minimum Gasteiger partial charge on any atom is -0.387 e. The molecule has 2 unspecified atom stereocenters. The number of amides is 2. The maximum absolute atomic E-state index is 12.2. The quantitative estimate of drug-likeness (QED) is 0.658. The van der Waals surface area contributed by atoms with E-state index >= 15 is 0 Å². The van der Waals surface area contributed by atoms with Gasteiger partial charge in [0, 0.05) is 22.5 Å². The molecule has 3 aromatic rings. The number of fused-ring (bicyclic) bond motifs is 1. The van der Waals surface area contributed by atoms with Crippen molar-refractivity contribution in [3.8, 4) is 0 Å². The molecule has 1 aromatic carbocycles. The molecule has 0 spiro atoms. The third-order valence-electron chi connectivity index (χ3n) is 3.71. The first-order chi connectivity index (χ1) is 11.6. The zero-order valence-electron chi connectivity index (χ0n) is 13.3. The van der Waals surface area contributed by atoms with E-state index in [2.05, 4.69) is 15.6 Å². The fourth-order valence-electron chi connectivity index (χ4n) is 2.58. The van der Waals surface area contributed by atoms with Gasteiger partial charge < -0.3 is 15.7 Å². The molecule has 2 atom stereocenters. The van der Waals surface area contributed by atoms with Crippen LogP contribution < -0.4 is 10.6 Å². The molecule has 0 saturated heterocycles. The number of aliphatic hydroxyl groups excluding tert-OH is 1. The fraction of sp³-hybridized carbons (Fsp3) is 0.222. The number of nitrogens with one attached hydrogen (secondary N) is 2. The Morgan fingerprint density at radius 1 is 1.25 bits per heavy atom. The summed E-state index contributed by atoms with van der Waals surface area (Å²) >= 11 is 1.51. The number of thiophene rings is 1. The lowest BCUT2D eigenvalue weighted by molar-refractivity contribution is 0.158. The maximum Gasteiger partial charge on any atom is 0.319 e. The van der Waals surface area contributed by atoms with Gasteiger partial charge in [-0.3, -0.25) is 4.98 Å². The number of urea groups is 1. The smallest absolute Gasteiger partial charge is 0.319 e. The molecule has 3 rings (SSSR count). The van der Waals surface area contributed by atoms with Gasteiger partial charge in [0.25, 0.3) is 0 Å². The lowest BCUT2D eigenvalue weighted by Crippen LogP contribution is -2.37. The summed E-state index contributed by atoms with van der Waals surface area (Å²) in [4.78, 5) is 17.4. The van der Waals surface area contributed by atoms with E-state index in [1.54, 1.807) is 6.20 Å². The monoisotopic (exact) mass is 341 g/mol. The zero-order chi connectivity index (χ0) is 16.9. The van der Waals surface area contributed by atoms with Crippen molar-refractivity contribution in [1.29, 1.82) is 0 Å². The van der Waals surface area contributed by atoms with Crippen molar-refractivity contribution < 1.29 is 9.90 Å². The van der Waals surface area contributed by atoms with E-state index in [9.17, 15) is 9.90 Å². The number of hydrogen-bond donors (Lipinski definition) is 3. The lowest BCUT2D eigenvalue weighted by Gasteiger charge is -2.18. The number of aromatic nitrogens is 1. The van der Waals surface area contributed by atoms with Crippen molar-refractivity contribution in [3.05, 3.63) is 58.9 Å². The molecule has 3 N–H and O–H groups in total. The van der Waals surface area contributed by atoms with Crippen molar-refractivity contribution in [2.75, 3.05) is 5.32 Å². The van der Waals surface area contributed by atoms with Gasteiger partial charge in [0.15, 0.2) is 0 Å². The minimum atomic E-state index is -0.570. The Bertz CT molecular complexity index is 815. The van der Waals surface area contributed by atoms with E-state index < -0.39 is 6.10 Å². The molecular formula is C18H19N3O2S. The summed E-state index contributed by atoms with van der Waals surface area (Å²) in [7, 11) is 0. The SMILES string of the molecule is CC(CC(O)c1cccs1)NC(=O)Nc1cccc2cccnc12. The van der Waals surface area contributed by atoms with E-state index in [1.165, 1.54) is 11.3 Å². The lowest BCUT2D eigenvalue weighted by atomic mass is 10.1. The number of benzene rings is 1. The third-order valence-corrected chi connectivity index (χ3v) is 4.68. The highest BCUT2D eigenvalue weighted by molar-refractivity contribution is 7.10. The second kappa shape index (κ2) is 7.42. The molecule has 2 amide bonds. The summed E-state index contributed by atoms with van der Waals surface area (Å²) in [6.07, 6.45) is 1.59. The van der Waals surface area contributed by atoms with E-state index in [0.29, 0.717) is 12.1 Å². The van der Waals surface area contributed by atoms with Crippen molar-refractivity contribution in [2.24, 2.45) is 0 Å². The third kappa shape index (κ3) is 3.90. The Morgan fingerprint density at radius 3 is 2.88 bits per heavy atom. The van der Waals surface area contributed by atoms with Crippen LogP contribution in [0.25, 0.3) is 10.9 Å². The van der Waals surface area contributed by atoms with Crippen LogP contribution in [0.1, 0.15) is 24.3 Å². The van der Waals surface area contributed by atoms with Gasteiger partial charge in [0.1, 0.15) is 0 Å². The molecule has 0 bridgehead atoms. The van der Waals surface area contributed by atoms with Gasteiger partial charge in [0.05, 0.1) is 17.3 Å². The van der Waals surface area contributed by atoms with Crippen LogP contribution in [0.4, 0.5) is 10.5 Å². The van der Waals surface area contributed by atoms with E-state index in [4.69, 9.17) is 0 Å². The number of rotatable bonds is 5. The standard InChI is InChI=1S/C18H19N3O2S/c1-12(11-15(22)16-8-4-10-24-16)20-18(23)21-14-7-2-5-13-6-3-9-19-17(13)14/h2-10,12,15,22H,11H2,1H3,(H2,20,21,23). The van der Waals surface area contributed by atoms with Gasteiger partial charge in [-0.1, -0.05) is 24.3 Å².